The van der Waals surface area contributed by atoms with Crippen LogP contribution in [0.2, 0.25) is 0 Å². The third-order valence-electron chi connectivity index (χ3n) is 4.02. The van der Waals surface area contributed by atoms with Crippen molar-refractivity contribution >= 4 is 5.91 Å². The van der Waals surface area contributed by atoms with E-state index in [1.165, 1.54) is 0 Å². The quantitative estimate of drug-likeness (QED) is 0.878. The minimum Gasteiger partial charge on any atom is -0.379 e. The Morgan fingerprint density at radius 3 is 2.75 bits per heavy atom. The van der Waals surface area contributed by atoms with Crippen molar-refractivity contribution in [2.24, 2.45) is 0 Å². The van der Waals surface area contributed by atoms with Crippen LogP contribution < -0.4 is 5.32 Å². The molecule has 6 heteroatoms. The van der Waals surface area contributed by atoms with Crippen LogP contribution in [0.3, 0.4) is 0 Å². The highest BCUT2D eigenvalue weighted by atomic mass is 16.5. The number of hydrogen-bond donors (Lipinski definition) is 1. The van der Waals surface area contributed by atoms with Gasteiger partial charge in [-0.2, -0.15) is 0 Å². The monoisotopic (exact) mass is 281 g/mol. The molecular formula is C14H23N3O3. The molecule has 1 amide bonds. The molecule has 1 aliphatic heterocycles. The summed E-state index contributed by atoms with van der Waals surface area (Å²) in [5, 5.41) is 6.68. The number of carbonyl (C=O) groups excluding carboxylic acids is 1. The predicted molar refractivity (Wildman–Crippen MR) is 74.7 cm³/mol. The van der Waals surface area contributed by atoms with E-state index in [0.717, 1.165) is 32.7 Å². The summed E-state index contributed by atoms with van der Waals surface area (Å²) >= 11 is 0. The minimum absolute atomic E-state index is 0.0610. The molecule has 1 unspecified atom stereocenters. The number of nitrogens with zero attached hydrogens (tertiary/aromatic N) is 2. The van der Waals surface area contributed by atoms with Crippen LogP contribution in [-0.4, -0.2) is 54.4 Å². The first-order valence-electron chi connectivity index (χ1n) is 7.09. The maximum atomic E-state index is 12.0. The average Bonchev–Trinajstić information content (AvgIpc) is 2.92. The van der Waals surface area contributed by atoms with E-state index in [-0.39, 0.29) is 17.2 Å². The molecule has 0 bridgehead atoms. The molecule has 1 aromatic heterocycles. The van der Waals surface area contributed by atoms with Crippen molar-refractivity contribution in [2.75, 3.05) is 32.8 Å². The first-order valence-corrected chi connectivity index (χ1v) is 7.09. The Balaban J connectivity index is 1.94. The van der Waals surface area contributed by atoms with E-state index in [1.54, 1.807) is 13.0 Å². The lowest BCUT2D eigenvalue weighted by atomic mass is 9.95. The molecule has 1 N–H and O–H groups in total. The number of nitrogens with one attached hydrogen (secondary N) is 1. The molecule has 0 aromatic carbocycles. The lowest BCUT2D eigenvalue weighted by Crippen LogP contribution is -2.56. The van der Waals surface area contributed by atoms with Gasteiger partial charge in [0.15, 0.2) is 0 Å². The highest BCUT2D eigenvalue weighted by Crippen LogP contribution is 2.20. The molecular weight excluding hydrogens is 258 g/mol. The maximum Gasteiger partial charge on any atom is 0.289 e. The zero-order chi connectivity index (χ0) is 14.6. The van der Waals surface area contributed by atoms with Gasteiger partial charge in [-0.05, 0) is 20.3 Å². The van der Waals surface area contributed by atoms with E-state index in [1.807, 2.05) is 0 Å². The van der Waals surface area contributed by atoms with Crippen LogP contribution in [0.25, 0.3) is 0 Å². The second-order valence-corrected chi connectivity index (χ2v) is 5.47. The van der Waals surface area contributed by atoms with E-state index in [0.29, 0.717) is 12.2 Å². The third-order valence-corrected chi connectivity index (χ3v) is 4.02. The molecule has 0 spiro atoms. The van der Waals surface area contributed by atoms with Crippen LogP contribution in [0.4, 0.5) is 0 Å². The summed E-state index contributed by atoms with van der Waals surface area (Å²) in [5.74, 6) is 0.0569. The Labute approximate surface area is 119 Å². The van der Waals surface area contributed by atoms with Crippen molar-refractivity contribution in [3.63, 3.8) is 0 Å². The van der Waals surface area contributed by atoms with Gasteiger partial charge in [-0.25, -0.2) is 0 Å². The summed E-state index contributed by atoms with van der Waals surface area (Å²) < 4.78 is 10.4. The number of hydrogen-bond acceptors (Lipinski definition) is 5. The third kappa shape index (κ3) is 3.37. The molecule has 1 aliphatic rings. The van der Waals surface area contributed by atoms with Gasteiger partial charge in [0.2, 0.25) is 5.76 Å². The fraction of sp³-hybridized carbons (Fsp3) is 0.714. The van der Waals surface area contributed by atoms with Gasteiger partial charge in [0, 0.05) is 31.2 Å². The van der Waals surface area contributed by atoms with Crippen LogP contribution in [0, 0.1) is 6.92 Å². The molecule has 1 saturated heterocycles. The van der Waals surface area contributed by atoms with E-state index in [4.69, 9.17) is 9.26 Å². The molecule has 1 fully saturated rings. The zero-order valence-electron chi connectivity index (χ0n) is 12.4. The number of carbonyl (C=O) groups is 1. The Morgan fingerprint density at radius 1 is 1.50 bits per heavy atom. The first kappa shape index (κ1) is 15.0. The topological polar surface area (TPSA) is 67.6 Å². The number of rotatable bonds is 5. The van der Waals surface area contributed by atoms with Crippen LogP contribution in [0.5, 0.6) is 0 Å². The van der Waals surface area contributed by atoms with Crippen LogP contribution in [0.15, 0.2) is 10.6 Å². The molecule has 6 nitrogen and oxygen atoms in total. The van der Waals surface area contributed by atoms with Gasteiger partial charge in [-0.1, -0.05) is 12.1 Å². The van der Waals surface area contributed by atoms with Crippen LogP contribution in [0.1, 0.15) is 36.5 Å². The van der Waals surface area contributed by atoms with Gasteiger partial charge in [0.1, 0.15) is 0 Å². The largest absolute Gasteiger partial charge is 0.379 e. The van der Waals surface area contributed by atoms with Gasteiger partial charge >= 0.3 is 0 Å². The van der Waals surface area contributed by atoms with Crippen molar-refractivity contribution in [3.05, 3.63) is 17.5 Å². The lowest BCUT2D eigenvalue weighted by Gasteiger charge is -2.42. The number of ether oxygens (including phenoxy) is 1. The fourth-order valence-corrected chi connectivity index (χ4v) is 2.39. The number of morpholine rings is 1. The summed E-state index contributed by atoms with van der Waals surface area (Å²) in [7, 11) is 0. The van der Waals surface area contributed by atoms with Crippen LogP contribution in [-0.2, 0) is 4.74 Å². The number of amides is 1. The van der Waals surface area contributed by atoms with Crippen molar-refractivity contribution in [1.82, 2.24) is 15.4 Å². The maximum absolute atomic E-state index is 12.0. The first-order chi connectivity index (χ1) is 9.55. The molecule has 1 aromatic rings. The second kappa shape index (κ2) is 6.37. The van der Waals surface area contributed by atoms with Gasteiger partial charge in [0.05, 0.1) is 18.9 Å². The standard InChI is InChI=1S/C14H23N3O3/c1-4-14(3,17-5-7-19-8-6-17)10-15-13(18)12-9-11(2)16-20-12/h9H,4-8,10H2,1-3H3,(H,15,18). The summed E-state index contributed by atoms with van der Waals surface area (Å²) in [4.78, 5) is 14.4. The van der Waals surface area contributed by atoms with Crippen molar-refractivity contribution in [2.45, 2.75) is 32.7 Å². The van der Waals surface area contributed by atoms with Gasteiger partial charge < -0.3 is 14.6 Å². The van der Waals surface area contributed by atoms with E-state index in [9.17, 15) is 4.79 Å². The Morgan fingerprint density at radius 2 is 2.20 bits per heavy atom. The molecule has 2 rings (SSSR count). The SMILES string of the molecule is CCC(C)(CNC(=O)c1cc(C)no1)N1CCOCC1. The smallest absolute Gasteiger partial charge is 0.289 e. The molecule has 0 aliphatic carbocycles. The fourth-order valence-electron chi connectivity index (χ4n) is 2.39. The van der Waals surface area contributed by atoms with Crippen LogP contribution >= 0.6 is 0 Å². The molecule has 0 radical (unpaired) electrons. The molecule has 112 valence electrons. The minimum atomic E-state index is -0.210. The molecule has 1 atom stereocenters. The highest BCUT2D eigenvalue weighted by Gasteiger charge is 2.32. The summed E-state index contributed by atoms with van der Waals surface area (Å²) in [6.07, 6.45) is 0.961. The molecule has 0 saturated carbocycles. The second-order valence-electron chi connectivity index (χ2n) is 5.47. The van der Waals surface area contributed by atoms with Gasteiger partial charge in [-0.15, -0.1) is 0 Å². The Bertz CT molecular complexity index is 454. The van der Waals surface area contributed by atoms with Gasteiger partial charge in [0.25, 0.3) is 5.91 Å². The molecule has 20 heavy (non-hydrogen) atoms. The number of aromatic nitrogens is 1. The summed E-state index contributed by atoms with van der Waals surface area (Å²) in [5.41, 5.74) is 0.649. The van der Waals surface area contributed by atoms with Crippen molar-refractivity contribution < 1.29 is 14.1 Å². The van der Waals surface area contributed by atoms with Crippen molar-refractivity contribution in [3.8, 4) is 0 Å². The lowest BCUT2D eigenvalue weighted by molar-refractivity contribution is -0.0170. The molecule has 2 heterocycles. The zero-order valence-corrected chi connectivity index (χ0v) is 12.4. The predicted octanol–water partition coefficient (Wildman–Crippen LogP) is 1.21. The summed E-state index contributed by atoms with van der Waals surface area (Å²) in [6.45, 7) is 10.0. The summed E-state index contributed by atoms with van der Waals surface area (Å²) in [6, 6.07) is 1.65. The van der Waals surface area contributed by atoms with E-state index < -0.39 is 0 Å². The average molecular weight is 281 g/mol. The normalized spacial score (nSPS) is 19.6. The Kier molecular flexibility index (Phi) is 4.77. The highest BCUT2D eigenvalue weighted by molar-refractivity contribution is 5.91. The van der Waals surface area contributed by atoms with E-state index in [2.05, 4.69) is 29.2 Å². The Hall–Kier alpha value is -1.40. The number of aryl methyl sites for hydroxylation is 1. The van der Waals surface area contributed by atoms with Crippen molar-refractivity contribution in [1.29, 1.82) is 0 Å². The van der Waals surface area contributed by atoms with E-state index >= 15 is 0 Å². The van der Waals surface area contributed by atoms with Gasteiger partial charge in [-0.3, -0.25) is 9.69 Å².